The summed E-state index contributed by atoms with van der Waals surface area (Å²) in [7, 11) is 0. The van der Waals surface area contributed by atoms with Crippen LogP contribution >= 0.6 is 0 Å². The standard InChI is InChI=1S/C25H44O3/c1-4-5-6-7-10-13-22(26)18-16-21-17-19-25(28)23(21)14-11-8-9-12-15-24(27)20(2)3/h8,11,20-21,23,25,28H,4-7,9-10,12-19H2,1-3H3. The second-order valence-corrected chi connectivity index (χ2v) is 9.03. The van der Waals surface area contributed by atoms with E-state index in [4.69, 9.17) is 0 Å². The van der Waals surface area contributed by atoms with Crippen molar-refractivity contribution in [3.63, 3.8) is 0 Å². The van der Waals surface area contributed by atoms with E-state index in [0.29, 0.717) is 36.2 Å². The zero-order chi connectivity index (χ0) is 20.8. The molecule has 1 N–H and O–H groups in total. The number of carbonyl (C=O) groups excluding carboxylic acids is 2. The number of allylic oxidation sites excluding steroid dienone is 2. The lowest BCUT2D eigenvalue weighted by Gasteiger charge is -2.20. The lowest BCUT2D eigenvalue weighted by Crippen LogP contribution is -2.19. The first kappa shape index (κ1) is 25.1. The summed E-state index contributed by atoms with van der Waals surface area (Å²) in [5.74, 6) is 1.66. The maximum Gasteiger partial charge on any atom is 0.135 e. The molecular weight excluding hydrogens is 348 g/mol. The molecule has 0 spiro atoms. The zero-order valence-corrected chi connectivity index (χ0v) is 18.6. The Balaban J connectivity index is 2.23. The Labute approximate surface area is 173 Å². The van der Waals surface area contributed by atoms with Gasteiger partial charge in [-0.3, -0.25) is 9.59 Å². The lowest BCUT2D eigenvalue weighted by molar-refractivity contribution is -0.122. The first-order valence-corrected chi connectivity index (χ1v) is 11.8. The van der Waals surface area contributed by atoms with Crippen molar-refractivity contribution in [2.75, 3.05) is 0 Å². The maximum absolute atomic E-state index is 12.2. The molecule has 0 bridgehead atoms. The van der Waals surface area contributed by atoms with Crippen LogP contribution in [0.15, 0.2) is 12.2 Å². The Morgan fingerprint density at radius 3 is 2.43 bits per heavy atom. The van der Waals surface area contributed by atoms with E-state index in [1.54, 1.807) is 0 Å². The van der Waals surface area contributed by atoms with Crippen molar-refractivity contribution in [3.05, 3.63) is 12.2 Å². The molecule has 0 amide bonds. The summed E-state index contributed by atoms with van der Waals surface area (Å²) in [6.07, 6.45) is 17.8. The molecule has 162 valence electrons. The average Bonchev–Trinajstić information content (AvgIpc) is 3.02. The van der Waals surface area contributed by atoms with E-state index in [9.17, 15) is 14.7 Å². The fraction of sp³-hybridized carbons (Fsp3) is 0.840. The van der Waals surface area contributed by atoms with Crippen LogP contribution in [-0.4, -0.2) is 22.8 Å². The van der Waals surface area contributed by atoms with Crippen LogP contribution in [0.1, 0.15) is 111 Å². The van der Waals surface area contributed by atoms with Gasteiger partial charge in [0.2, 0.25) is 0 Å². The van der Waals surface area contributed by atoms with Crippen molar-refractivity contribution in [2.45, 2.75) is 117 Å². The van der Waals surface area contributed by atoms with Gasteiger partial charge in [0.15, 0.2) is 0 Å². The molecule has 1 fully saturated rings. The molecule has 3 unspecified atom stereocenters. The van der Waals surface area contributed by atoms with Gasteiger partial charge in [-0.1, -0.05) is 58.6 Å². The van der Waals surface area contributed by atoms with E-state index in [1.807, 2.05) is 13.8 Å². The Kier molecular flexibility index (Phi) is 13.4. The minimum Gasteiger partial charge on any atom is -0.393 e. The van der Waals surface area contributed by atoms with Crippen molar-refractivity contribution in [1.82, 2.24) is 0 Å². The molecule has 0 aromatic rings. The maximum atomic E-state index is 12.2. The summed E-state index contributed by atoms with van der Waals surface area (Å²) in [5, 5.41) is 10.3. The highest BCUT2D eigenvalue weighted by atomic mass is 16.3. The topological polar surface area (TPSA) is 54.4 Å². The van der Waals surface area contributed by atoms with Crippen molar-refractivity contribution in [2.24, 2.45) is 17.8 Å². The molecule has 0 saturated heterocycles. The molecule has 0 radical (unpaired) electrons. The van der Waals surface area contributed by atoms with Crippen LogP contribution in [-0.2, 0) is 9.59 Å². The first-order chi connectivity index (χ1) is 13.5. The van der Waals surface area contributed by atoms with Gasteiger partial charge >= 0.3 is 0 Å². The largest absolute Gasteiger partial charge is 0.393 e. The molecule has 28 heavy (non-hydrogen) atoms. The van der Waals surface area contributed by atoms with Gasteiger partial charge in [0.25, 0.3) is 0 Å². The number of rotatable bonds is 16. The van der Waals surface area contributed by atoms with Gasteiger partial charge in [-0.05, 0) is 56.8 Å². The van der Waals surface area contributed by atoms with E-state index < -0.39 is 0 Å². The second-order valence-electron chi connectivity index (χ2n) is 9.03. The summed E-state index contributed by atoms with van der Waals surface area (Å²) in [6.45, 7) is 6.12. The molecule has 0 heterocycles. The smallest absolute Gasteiger partial charge is 0.135 e. The summed E-state index contributed by atoms with van der Waals surface area (Å²) >= 11 is 0. The number of hydrogen-bond donors (Lipinski definition) is 1. The van der Waals surface area contributed by atoms with E-state index in [1.165, 1.54) is 25.7 Å². The predicted octanol–water partition coefficient (Wildman–Crippen LogP) is 6.43. The summed E-state index contributed by atoms with van der Waals surface area (Å²) in [6, 6.07) is 0. The summed E-state index contributed by atoms with van der Waals surface area (Å²) in [5.41, 5.74) is 0. The van der Waals surface area contributed by atoms with Crippen LogP contribution in [0.4, 0.5) is 0 Å². The third kappa shape index (κ3) is 10.5. The molecule has 0 aliphatic heterocycles. The van der Waals surface area contributed by atoms with Gasteiger partial charge in [0.1, 0.15) is 11.6 Å². The highest BCUT2D eigenvalue weighted by molar-refractivity contribution is 5.80. The van der Waals surface area contributed by atoms with Gasteiger partial charge in [0.05, 0.1) is 6.10 Å². The van der Waals surface area contributed by atoms with Crippen molar-refractivity contribution in [1.29, 1.82) is 0 Å². The minimum absolute atomic E-state index is 0.137. The van der Waals surface area contributed by atoms with E-state index in [-0.39, 0.29) is 12.0 Å². The molecule has 1 rings (SSSR count). The van der Waals surface area contributed by atoms with Crippen LogP contribution in [0.25, 0.3) is 0 Å². The quantitative estimate of drug-likeness (QED) is 0.243. The van der Waals surface area contributed by atoms with Crippen LogP contribution in [0.3, 0.4) is 0 Å². The van der Waals surface area contributed by atoms with Gasteiger partial charge in [0, 0.05) is 25.2 Å². The van der Waals surface area contributed by atoms with E-state index in [0.717, 1.165) is 51.4 Å². The molecule has 1 saturated carbocycles. The lowest BCUT2D eigenvalue weighted by atomic mass is 9.87. The zero-order valence-electron chi connectivity index (χ0n) is 18.6. The average molecular weight is 393 g/mol. The van der Waals surface area contributed by atoms with Gasteiger partial charge in [-0.25, -0.2) is 0 Å². The molecule has 1 aliphatic carbocycles. The second kappa shape index (κ2) is 15.0. The van der Waals surface area contributed by atoms with Gasteiger partial charge < -0.3 is 5.11 Å². The van der Waals surface area contributed by atoms with Crippen LogP contribution in [0.2, 0.25) is 0 Å². The van der Waals surface area contributed by atoms with E-state index in [2.05, 4.69) is 19.1 Å². The number of unbranched alkanes of at least 4 members (excludes halogenated alkanes) is 5. The number of aliphatic hydroxyl groups is 1. The molecule has 0 aromatic carbocycles. The fourth-order valence-electron chi connectivity index (χ4n) is 4.29. The molecule has 3 atom stereocenters. The number of carbonyl (C=O) groups is 2. The number of Topliss-reactive ketones (excluding diaryl/α,β-unsaturated/α-hetero) is 2. The Bertz CT molecular complexity index is 466. The fourth-order valence-corrected chi connectivity index (χ4v) is 4.29. The number of aliphatic hydroxyl groups excluding tert-OH is 1. The van der Waals surface area contributed by atoms with Gasteiger partial charge in [-0.15, -0.1) is 0 Å². The Morgan fingerprint density at radius 2 is 1.71 bits per heavy atom. The highest BCUT2D eigenvalue weighted by Crippen LogP contribution is 2.38. The summed E-state index contributed by atoms with van der Waals surface area (Å²) < 4.78 is 0. The molecule has 3 heteroatoms. The van der Waals surface area contributed by atoms with Crippen molar-refractivity contribution < 1.29 is 14.7 Å². The Hall–Kier alpha value is -0.960. The Morgan fingerprint density at radius 1 is 0.964 bits per heavy atom. The first-order valence-electron chi connectivity index (χ1n) is 11.8. The number of hydrogen-bond acceptors (Lipinski definition) is 3. The van der Waals surface area contributed by atoms with Crippen LogP contribution in [0.5, 0.6) is 0 Å². The molecule has 0 aromatic heterocycles. The van der Waals surface area contributed by atoms with E-state index >= 15 is 0 Å². The van der Waals surface area contributed by atoms with Crippen molar-refractivity contribution in [3.8, 4) is 0 Å². The van der Waals surface area contributed by atoms with Gasteiger partial charge in [-0.2, -0.15) is 0 Å². The van der Waals surface area contributed by atoms with Crippen LogP contribution < -0.4 is 0 Å². The minimum atomic E-state index is -0.221. The highest BCUT2D eigenvalue weighted by Gasteiger charge is 2.33. The third-order valence-corrected chi connectivity index (χ3v) is 6.30. The predicted molar refractivity (Wildman–Crippen MR) is 117 cm³/mol. The monoisotopic (exact) mass is 392 g/mol. The molecule has 1 aliphatic rings. The molecular formula is C25H44O3. The number of ketones is 2. The van der Waals surface area contributed by atoms with Crippen LogP contribution in [0, 0.1) is 17.8 Å². The SMILES string of the molecule is CCCCCCCC(=O)CCC1CCC(O)C1CC=CCCCC(=O)C(C)C. The van der Waals surface area contributed by atoms with Crippen molar-refractivity contribution >= 4 is 11.6 Å². The molecule has 3 nitrogen and oxygen atoms in total. The third-order valence-electron chi connectivity index (χ3n) is 6.30. The normalized spacial score (nSPS) is 22.4. The summed E-state index contributed by atoms with van der Waals surface area (Å²) in [4.78, 5) is 23.8.